The van der Waals surface area contributed by atoms with Gasteiger partial charge in [0.25, 0.3) is 0 Å². The minimum Gasteiger partial charge on any atom is -0.316 e. The Morgan fingerprint density at radius 3 is 2.72 bits per heavy atom. The Labute approximate surface area is 150 Å². The summed E-state index contributed by atoms with van der Waals surface area (Å²) in [4.78, 5) is 16.7. The van der Waals surface area contributed by atoms with E-state index in [1.165, 1.54) is 11.3 Å². The first kappa shape index (κ1) is 17.8. The molecule has 25 heavy (non-hydrogen) atoms. The summed E-state index contributed by atoms with van der Waals surface area (Å²) in [5.41, 5.74) is 2.10. The van der Waals surface area contributed by atoms with E-state index in [9.17, 15) is 13.2 Å². The summed E-state index contributed by atoms with van der Waals surface area (Å²) in [6, 6.07) is 6.95. The number of hydrogen-bond acceptors (Lipinski definition) is 6. The van der Waals surface area contributed by atoms with Crippen molar-refractivity contribution in [2.24, 2.45) is 5.92 Å². The normalized spacial score (nSPS) is 17.9. The van der Waals surface area contributed by atoms with Gasteiger partial charge in [-0.3, -0.25) is 9.52 Å². The predicted molar refractivity (Wildman–Crippen MR) is 100 cm³/mol. The molecule has 1 aromatic heterocycles. The molecule has 0 aliphatic carbocycles. The van der Waals surface area contributed by atoms with Crippen LogP contribution in [0.1, 0.15) is 12.8 Å². The highest BCUT2D eigenvalue weighted by Crippen LogP contribution is 2.26. The monoisotopic (exact) mass is 380 g/mol. The maximum atomic E-state index is 12.2. The molecule has 1 aliphatic rings. The third-order valence-corrected chi connectivity index (χ3v) is 5.25. The molecule has 3 rings (SSSR count). The lowest BCUT2D eigenvalue weighted by Gasteiger charge is -2.21. The van der Waals surface area contributed by atoms with E-state index in [0.29, 0.717) is 17.4 Å². The third kappa shape index (κ3) is 5.00. The summed E-state index contributed by atoms with van der Waals surface area (Å²) in [6.07, 6.45) is 3.01. The molecule has 1 saturated heterocycles. The number of amides is 1. The molecule has 0 saturated carbocycles. The van der Waals surface area contributed by atoms with Gasteiger partial charge in [-0.25, -0.2) is 13.4 Å². The van der Waals surface area contributed by atoms with Crippen LogP contribution in [0.15, 0.2) is 29.6 Å². The van der Waals surface area contributed by atoms with E-state index in [-0.39, 0.29) is 11.8 Å². The number of nitrogens with one attached hydrogen (secondary N) is 3. The summed E-state index contributed by atoms with van der Waals surface area (Å²) < 4.78 is 24.9. The van der Waals surface area contributed by atoms with Gasteiger partial charge in [-0.15, -0.1) is 11.3 Å². The lowest BCUT2D eigenvalue weighted by molar-refractivity contribution is -0.120. The minimum absolute atomic E-state index is 0.000741. The Bertz CT molecular complexity index is 841. The van der Waals surface area contributed by atoms with Crippen molar-refractivity contribution in [2.75, 3.05) is 29.4 Å². The lowest BCUT2D eigenvalue weighted by Crippen LogP contribution is -2.37. The first-order valence-electron chi connectivity index (χ1n) is 7.96. The molecule has 3 N–H and O–H groups in total. The van der Waals surface area contributed by atoms with Crippen molar-refractivity contribution < 1.29 is 13.2 Å². The Hall–Kier alpha value is -1.97. The zero-order valence-corrected chi connectivity index (χ0v) is 15.4. The molecule has 1 aliphatic heterocycles. The smallest absolute Gasteiger partial charge is 0.230 e. The average Bonchev–Trinajstić information content (AvgIpc) is 3.03. The Morgan fingerprint density at radius 1 is 1.32 bits per heavy atom. The first-order valence-corrected chi connectivity index (χ1v) is 10.7. The molecular formula is C16H20N4O3S2. The zero-order chi connectivity index (χ0) is 17.9. The number of carbonyl (C=O) groups excluding carboxylic acids is 1. The van der Waals surface area contributed by atoms with Crippen LogP contribution in [0.5, 0.6) is 0 Å². The maximum absolute atomic E-state index is 12.2. The van der Waals surface area contributed by atoms with Gasteiger partial charge < -0.3 is 10.6 Å². The number of hydrogen-bond donors (Lipinski definition) is 3. The van der Waals surface area contributed by atoms with Gasteiger partial charge in [-0.05, 0) is 31.5 Å². The fraction of sp³-hybridized carbons (Fsp3) is 0.375. The molecule has 0 radical (unpaired) electrons. The van der Waals surface area contributed by atoms with E-state index in [1.807, 2.05) is 5.38 Å². The molecule has 7 nitrogen and oxygen atoms in total. The van der Waals surface area contributed by atoms with E-state index < -0.39 is 10.0 Å². The molecule has 2 heterocycles. The maximum Gasteiger partial charge on any atom is 0.230 e. The second-order valence-electron chi connectivity index (χ2n) is 6.02. The molecule has 9 heteroatoms. The Kier molecular flexibility index (Phi) is 5.36. The van der Waals surface area contributed by atoms with Crippen molar-refractivity contribution in [1.29, 1.82) is 0 Å². The van der Waals surface area contributed by atoms with Crippen LogP contribution in [0, 0.1) is 5.92 Å². The highest BCUT2D eigenvalue weighted by atomic mass is 32.2. The van der Waals surface area contributed by atoms with Crippen LogP contribution in [0.4, 0.5) is 10.8 Å². The van der Waals surface area contributed by atoms with Crippen molar-refractivity contribution in [1.82, 2.24) is 10.3 Å². The number of thiazole rings is 1. The van der Waals surface area contributed by atoms with Gasteiger partial charge in [0.2, 0.25) is 15.9 Å². The van der Waals surface area contributed by atoms with Gasteiger partial charge in [0.1, 0.15) is 0 Å². The number of nitrogens with zero attached hydrogens (tertiary/aromatic N) is 1. The van der Waals surface area contributed by atoms with Crippen LogP contribution in [-0.4, -0.2) is 38.7 Å². The number of sulfonamides is 1. The number of rotatable bonds is 5. The van der Waals surface area contributed by atoms with Crippen LogP contribution >= 0.6 is 11.3 Å². The Morgan fingerprint density at radius 2 is 2.08 bits per heavy atom. The minimum atomic E-state index is -3.29. The van der Waals surface area contributed by atoms with Gasteiger partial charge >= 0.3 is 0 Å². The van der Waals surface area contributed by atoms with E-state index >= 15 is 0 Å². The SMILES string of the molecule is CS(=O)(=O)Nc1ccc(-c2csc(NC(=O)C3CCCNC3)n2)cc1. The number of aromatic nitrogens is 1. The summed E-state index contributed by atoms with van der Waals surface area (Å²) in [7, 11) is -3.29. The summed E-state index contributed by atoms with van der Waals surface area (Å²) in [6.45, 7) is 1.67. The van der Waals surface area contributed by atoms with E-state index in [1.54, 1.807) is 24.3 Å². The van der Waals surface area contributed by atoms with Crippen LogP contribution in [0.3, 0.4) is 0 Å². The van der Waals surface area contributed by atoms with E-state index in [0.717, 1.165) is 36.9 Å². The molecule has 1 aromatic carbocycles. The van der Waals surface area contributed by atoms with Gasteiger partial charge in [0.05, 0.1) is 17.9 Å². The summed E-state index contributed by atoms with van der Waals surface area (Å²) >= 11 is 1.38. The molecule has 2 aromatic rings. The van der Waals surface area contributed by atoms with Crippen molar-refractivity contribution >= 4 is 38.1 Å². The number of benzene rings is 1. The number of piperidine rings is 1. The van der Waals surface area contributed by atoms with Gasteiger partial charge in [-0.2, -0.15) is 0 Å². The van der Waals surface area contributed by atoms with Crippen molar-refractivity contribution in [3.63, 3.8) is 0 Å². The molecule has 134 valence electrons. The highest BCUT2D eigenvalue weighted by Gasteiger charge is 2.21. The standard InChI is InChI=1S/C16H20N4O3S2/c1-25(22,23)20-13-6-4-11(5-7-13)14-10-24-16(18-14)19-15(21)12-3-2-8-17-9-12/h4-7,10,12,17,20H,2-3,8-9H2,1H3,(H,18,19,21). The number of carbonyl (C=O) groups is 1. The molecule has 0 spiro atoms. The lowest BCUT2D eigenvalue weighted by atomic mass is 9.99. The topological polar surface area (TPSA) is 100 Å². The first-order chi connectivity index (χ1) is 11.9. The van der Waals surface area contributed by atoms with Crippen molar-refractivity contribution in [3.8, 4) is 11.3 Å². The van der Waals surface area contributed by atoms with E-state index in [2.05, 4.69) is 20.3 Å². The van der Waals surface area contributed by atoms with Gasteiger partial charge in [0.15, 0.2) is 5.13 Å². The Balaban J connectivity index is 1.65. The number of anilines is 2. The van der Waals surface area contributed by atoms with Crippen LogP contribution in [0.2, 0.25) is 0 Å². The predicted octanol–water partition coefficient (Wildman–Crippen LogP) is 2.12. The third-order valence-electron chi connectivity index (χ3n) is 3.89. The zero-order valence-electron chi connectivity index (χ0n) is 13.8. The van der Waals surface area contributed by atoms with Gasteiger partial charge in [-0.1, -0.05) is 12.1 Å². The second-order valence-corrected chi connectivity index (χ2v) is 8.63. The summed E-state index contributed by atoms with van der Waals surface area (Å²) in [5, 5.41) is 8.55. The summed E-state index contributed by atoms with van der Waals surface area (Å²) in [5.74, 6) is -0.0109. The van der Waals surface area contributed by atoms with Crippen molar-refractivity contribution in [2.45, 2.75) is 12.8 Å². The quantitative estimate of drug-likeness (QED) is 0.738. The molecule has 1 amide bonds. The molecule has 0 bridgehead atoms. The van der Waals surface area contributed by atoms with Crippen molar-refractivity contribution in [3.05, 3.63) is 29.6 Å². The fourth-order valence-corrected chi connectivity index (χ4v) is 3.96. The molecule has 1 unspecified atom stereocenters. The van der Waals surface area contributed by atoms with Crippen LogP contribution in [0.25, 0.3) is 11.3 Å². The van der Waals surface area contributed by atoms with Gasteiger partial charge in [0, 0.05) is 23.2 Å². The average molecular weight is 380 g/mol. The van der Waals surface area contributed by atoms with Crippen LogP contribution in [-0.2, 0) is 14.8 Å². The highest BCUT2D eigenvalue weighted by molar-refractivity contribution is 7.92. The second kappa shape index (κ2) is 7.51. The van der Waals surface area contributed by atoms with Crippen LogP contribution < -0.4 is 15.4 Å². The largest absolute Gasteiger partial charge is 0.316 e. The molecular weight excluding hydrogens is 360 g/mol. The molecule has 1 fully saturated rings. The fourth-order valence-electron chi connectivity index (χ4n) is 2.67. The molecule has 1 atom stereocenters. The van der Waals surface area contributed by atoms with E-state index in [4.69, 9.17) is 0 Å².